The average molecular weight is 505 g/mol. The first-order valence-corrected chi connectivity index (χ1v) is 14.2. The van der Waals surface area contributed by atoms with Crippen molar-refractivity contribution in [3.63, 3.8) is 0 Å². The van der Waals surface area contributed by atoms with Crippen LogP contribution < -0.4 is 5.73 Å². The number of nitrogens with two attached hydrogens (primary N) is 1. The Hall–Kier alpha value is -2.08. The highest BCUT2D eigenvalue weighted by molar-refractivity contribution is 7.89. The fourth-order valence-corrected chi connectivity index (χ4v) is 8.34. The zero-order valence-corrected chi connectivity index (χ0v) is 21.6. The minimum atomic E-state index is -3.62. The highest BCUT2D eigenvalue weighted by Crippen LogP contribution is 2.39. The lowest BCUT2D eigenvalue weighted by Crippen LogP contribution is -2.36. The van der Waals surface area contributed by atoms with Crippen LogP contribution in [0.2, 0.25) is 0 Å². The second kappa shape index (κ2) is 9.18. The van der Waals surface area contributed by atoms with Crippen molar-refractivity contribution in [2.45, 2.75) is 57.8 Å². The number of anilines is 1. The van der Waals surface area contributed by atoms with E-state index in [4.69, 9.17) is 15.2 Å². The highest BCUT2D eigenvalue weighted by Gasteiger charge is 2.32. The molecule has 2 aliphatic rings. The van der Waals surface area contributed by atoms with Gasteiger partial charge in [0.25, 0.3) is 0 Å². The van der Waals surface area contributed by atoms with Crippen LogP contribution in [0, 0.1) is 19.8 Å². The van der Waals surface area contributed by atoms with Gasteiger partial charge >= 0.3 is 0 Å². The number of aromatic nitrogens is 3. The summed E-state index contributed by atoms with van der Waals surface area (Å²) < 4.78 is 33.0. The van der Waals surface area contributed by atoms with E-state index in [1.807, 2.05) is 0 Å². The van der Waals surface area contributed by atoms with Crippen molar-refractivity contribution in [3.05, 3.63) is 27.7 Å². The molecule has 1 aliphatic heterocycles. The van der Waals surface area contributed by atoms with Crippen LogP contribution in [-0.2, 0) is 29.3 Å². The van der Waals surface area contributed by atoms with Gasteiger partial charge < -0.3 is 15.2 Å². The van der Waals surface area contributed by atoms with Crippen LogP contribution in [0.5, 0.6) is 0 Å². The molecule has 2 N–H and O–H groups in total. The minimum Gasteiger partial charge on any atom is -0.383 e. The van der Waals surface area contributed by atoms with Crippen LogP contribution in [0.1, 0.15) is 47.5 Å². The molecule has 0 radical (unpaired) electrons. The molecule has 0 amide bonds. The van der Waals surface area contributed by atoms with Crippen molar-refractivity contribution in [2.24, 2.45) is 5.92 Å². The molecular weight excluding hydrogens is 472 g/mol. The quantitative estimate of drug-likeness (QED) is 0.563. The van der Waals surface area contributed by atoms with E-state index in [1.165, 1.54) is 16.9 Å². The fraction of sp³-hybridized carbons (Fsp3) is 0.609. The maximum atomic E-state index is 13.2. The Labute approximate surface area is 204 Å². The molecule has 0 aromatic carbocycles. The Kier molecular flexibility index (Phi) is 6.38. The molecule has 1 fully saturated rings. The molecule has 184 valence electrons. The lowest BCUT2D eigenvalue weighted by Gasteiger charge is -2.21. The van der Waals surface area contributed by atoms with E-state index in [0.29, 0.717) is 49.2 Å². The molecule has 9 nitrogen and oxygen atoms in total. The fourth-order valence-electron chi connectivity index (χ4n) is 5.17. The summed E-state index contributed by atoms with van der Waals surface area (Å²) in [6.45, 7) is 8.79. The van der Waals surface area contributed by atoms with Crippen molar-refractivity contribution in [2.75, 3.05) is 38.5 Å². The van der Waals surface area contributed by atoms with Gasteiger partial charge in [-0.05, 0) is 57.6 Å². The Bertz CT molecular complexity index is 1300. The van der Waals surface area contributed by atoms with Crippen LogP contribution >= 0.6 is 11.3 Å². The number of aryl methyl sites for hydroxylation is 3. The van der Waals surface area contributed by atoms with Gasteiger partial charge in [-0.15, -0.1) is 11.3 Å². The highest BCUT2D eigenvalue weighted by atomic mass is 32.2. The third-order valence-corrected chi connectivity index (χ3v) is 10.3. The normalized spacial score (nSPS) is 20.5. The van der Waals surface area contributed by atoms with Crippen molar-refractivity contribution in [1.29, 1.82) is 0 Å². The summed E-state index contributed by atoms with van der Waals surface area (Å²) >= 11 is 1.77. The summed E-state index contributed by atoms with van der Waals surface area (Å²) in [5, 5.41) is 4.88. The molecule has 34 heavy (non-hydrogen) atoms. The van der Waals surface area contributed by atoms with Gasteiger partial charge in [-0.25, -0.2) is 18.4 Å². The SMILES string of the molecule is Cc1noc(C)c1S(=O)(=O)N1CCCN(CCc2nc(N)c3c4c(sc3n2)C[C@H](C)CC4)CC1. The summed E-state index contributed by atoms with van der Waals surface area (Å²) in [4.78, 5) is 14.4. The first-order valence-electron chi connectivity index (χ1n) is 12.0. The van der Waals surface area contributed by atoms with Gasteiger partial charge in [0.15, 0.2) is 5.76 Å². The van der Waals surface area contributed by atoms with Gasteiger partial charge in [0, 0.05) is 37.5 Å². The third kappa shape index (κ3) is 4.34. The predicted molar refractivity (Wildman–Crippen MR) is 133 cm³/mol. The Balaban J connectivity index is 1.26. The molecule has 3 aromatic rings. The molecule has 0 bridgehead atoms. The van der Waals surface area contributed by atoms with Gasteiger partial charge in [0.05, 0.1) is 5.39 Å². The van der Waals surface area contributed by atoms with E-state index in [2.05, 4.69) is 22.0 Å². The lowest BCUT2D eigenvalue weighted by atomic mass is 9.89. The summed E-state index contributed by atoms with van der Waals surface area (Å²) in [7, 11) is -3.62. The van der Waals surface area contributed by atoms with E-state index in [1.54, 1.807) is 29.5 Å². The van der Waals surface area contributed by atoms with E-state index >= 15 is 0 Å². The van der Waals surface area contributed by atoms with Crippen molar-refractivity contribution >= 4 is 37.4 Å². The van der Waals surface area contributed by atoms with Crippen LogP contribution in [0.25, 0.3) is 10.2 Å². The zero-order valence-electron chi connectivity index (χ0n) is 20.0. The number of rotatable bonds is 5. The Morgan fingerprint density at radius 2 is 2.00 bits per heavy atom. The van der Waals surface area contributed by atoms with Gasteiger partial charge in [-0.2, -0.15) is 4.31 Å². The van der Waals surface area contributed by atoms with Gasteiger partial charge in [-0.1, -0.05) is 12.1 Å². The molecule has 0 unspecified atom stereocenters. The Morgan fingerprint density at radius 3 is 2.76 bits per heavy atom. The first kappa shape index (κ1) is 23.7. The zero-order chi connectivity index (χ0) is 24.0. The van der Waals surface area contributed by atoms with Crippen LogP contribution in [-0.4, -0.2) is 65.5 Å². The van der Waals surface area contributed by atoms with Crippen molar-refractivity contribution in [3.8, 4) is 0 Å². The minimum absolute atomic E-state index is 0.200. The summed E-state index contributed by atoms with van der Waals surface area (Å²) in [5.74, 6) is 2.41. The first-order chi connectivity index (χ1) is 16.2. The second-order valence-electron chi connectivity index (χ2n) is 9.56. The van der Waals surface area contributed by atoms with Crippen molar-refractivity contribution < 1.29 is 12.9 Å². The van der Waals surface area contributed by atoms with E-state index in [-0.39, 0.29) is 4.90 Å². The van der Waals surface area contributed by atoms with Crippen LogP contribution in [0.4, 0.5) is 5.82 Å². The number of sulfonamides is 1. The van der Waals surface area contributed by atoms with Crippen LogP contribution in [0.3, 0.4) is 0 Å². The van der Waals surface area contributed by atoms with Gasteiger partial charge in [-0.3, -0.25) is 0 Å². The smallest absolute Gasteiger partial charge is 0.248 e. The third-order valence-electron chi connectivity index (χ3n) is 6.99. The predicted octanol–water partition coefficient (Wildman–Crippen LogP) is 2.94. The number of hydrogen-bond donors (Lipinski definition) is 1. The molecular formula is C23H32N6O3S2. The molecule has 0 saturated carbocycles. The van der Waals surface area contributed by atoms with Crippen LogP contribution in [0.15, 0.2) is 9.42 Å². The lowest BCUT2D eigenvalue weighted by molar-refractivity contribution is 0.288. The largest absolute Gasteiger partial charge is 0.383 e. The molecule has 5 rings (SSSR count). The van der Waals surface area contributed by atoms with Gasteiger partial charge in [0.1, 0.15) is 27.1 Å². The molecule has 4 heterocycles. The standard InChI is InChI=1S/C23H32N6O3S2/c1-14-5-6-17-18(13-14)33-23-20(17)22(24)25-19(26-23)7-10-28-8-4-9-29(12-11-28)34(30,31)21-15(2)27-32-16(21)3/h14H,4-13H2,1-3H3,(H2,24,25,26)/t14-/m1/s1. The Morgan fingerprint density at radius 1 is 1.18 bits per heavy atom. The molecule has 11 heteroatoms. The summed E-state index contributed by atoms with van der Waals surface area (Å²) in [6.07, 6.45) is 4.81. The number of thiophene rings is 1. The van der Waals surface area contributed by atoms with E-state index in [9.17, 15) is 8.42 Å². The molecule has 0 spiro atoms. The van der Waals surface area contributed by atoms with Crippen molar-refractivity contribution in [1.82, 2.24) is 24.3 Å². The summed E-state index contributed by atoms with van der Waals surface area (Å²) in [6, 6.07) is 0. The number of fused-ring (bicyclic) bond motifs is 3. The maximum absolute atomic E-state index is 13.2. The number of hydrogen-bond acceptors (Lipinski definition) is 9. The van der Waals surface area contributed by atoms with E-state index < -0.39 is 10.0 Å². The second-order valence-corrected chi connectivity index (χ2v) is 12.5. The topological polar surface area (TPSA) is 118 Å². The number of nitrogens with zero attached hydrogens (tertiary/aromatic N) is 5. The van der Waals surface area contributed by atoms with E-state index in [0.717, 1.165) is 48.4 Å². The monoisotopic (exact) mass is 504 g/mol. The molecule has 1 saturated heterocycles. The molecule has 1 atom stereocenters. The maximum Gasteiger partial charge on any atom is 0.248 e. The average Bonchev–Trinajstić information content (AvgIpc) is 3.20. The summed E-state index contributed by atoms with van der Waals surface area (Å²) in [5.41, 5.74) is 8.15. The molecule has 3 aromatic heterocycles. The number of nitrogen functional groups attached to an aromatic ring is 1. The molecule has 1 aliphatic carbocycles. The van der Waals surface area contributed by atoms with Gasteiger partial charge in [0.2, 0.25) is 10.0 Å².